The van der Waals surface area contributed by atoms with Crippen molar-refractivity contribution < 1.29 is 23.9 Å². The lowest BCUT2D eigenvalue weighted by molar-refractivity contribution is -0.152. The van der Waals surface area contributed by atoms with Crippen LogP contribution in [0.1, 0.15) is 26.2 Å². The number of nitrogens with one attached hydrogen (secondary N) is 1. The summed E-state index contributed by atoms with van der Waals surface area (Å²) in [4.78, 5) is 38.2. The molecule has 0 bridgehead atoms. The van der Waals surface area contributed by atoms with Gasteiger partial charge in [0.15, 0.2) is 12.4 Å². The van der Waals surface area contributed by atoms with Gasteiger partial charge in [-0.2, -0.15) is 0 Å². The quantitative estimate of drug-likeness (QED) is 0.442. The molecule has 1 aliphatic heterocycles. The van der Waals surface area contributed by atoms with Gasteiger partial charge in [-0.3, -0.25) is 14.4 Å². The molecular weight excluding hydrogens is 475 g/mol. The van der Waals surface area contributed by atoms with Crippen molar-refractivity contribution in [3.63, 3.8) is 0 Å². The fourth-order valence-electron chi connectivity index (χ4n) is 2.65. The zero-order chi connectivity index (χ0) is 20.7. The number of esters is 1. The van der Waals surface area contributed by atoms with Crippen LogP contribution in [-0.4, -0.2) is 55.0 Å². The average Bonchev–Trinajstić information content (AvgIpc) is 2.62. The third-order valence-electron chi connectivity index (χ3n) is 4.08. The van der Waals surface area contributed by atoms with Crippen molar-refractivity contribution in [3.05, 3.63) is 26.7 Å². The maximum absolute atomic E-state index is 12.6. The first kappa shape index (κ1) is 22.8. The van der Waals surface area contributed by atoms with Crippen LogP contribution in [0.15, 0.2) is 16.6 Å². The number of hydrogen-bond acceptors (Lipinski definition) is 5. The van der Waals surface area contributed by atoms with E-state index in [1.165, 1.54) is 11.0 Å². The molecule has 1 saturated heterocycles. The lowest BCUT2D eigenvalue weighted by atomic mass is 10.1. The molecule has 1 aliphatic rings. The molecule has 1 atom stereocenters. The van der Waals surface area contributed by atoms with Crippen LogP contribution in [0.25, 0.3) is 0 Å². The van der Waals surface area contributed by atoms with Crippen molar-refractivity contribution in [3.8, 4) is 5.75 Å². The molecule has 2 amide bonds. The highest BCUT2D eigenvalue weighted by Gasteiger charge is 2.35. The smallest absolute Gasteiger partial charge is 0.308 e. The second-order valence-corrected chi connectivity index (χ2v) is 7.86. The first-order valence-electron chi connectivity index (χ1n) is 8.83. The lowest BCUT2D eigenvalue weighted by Crippen LogP contribution is -2.58. The van der Waals surface area contributed by atoms with Crippen molar-refractivity contribution in [2.75, 3.05) is 26.3 Å². The van der Waals surface area contributed by atoms with Gasteiger partial charge in [0.05, 0.1) is 22.5 Å². The van der Waals surface area contributed by atoms with Crippen molar-refractivity contribution in [1.82, 2.24) is 10.2 Å². The molecule has 1 fully saturated rings. The average molecular weight is 496 g/mol. The first-order valence-corrected chi connectivity index (χ1v) is 10.4. The fraction of sp³-hybridized carbons (Fsp3) is 0.500. The lowest BCUT2D eigenvalue weighted by Gasteiger charge is -2.34. The molecule has 0 radical (unpaired) electrons. The zero-order valence-electron chi connectivity index (χ0n) is 15.3. The summed E-state index contributed by atoms with van der Waals surface area (Å²) in [7, 11) is 0. The molecule has 7 nitrogen and oxygen atoms in total. The molecule has 1 heterocycles. The number of halogens is 3. The van der Waals surface area contributed by atoms with Crippen molar-refractivity contribution >= 4 is 56.9 Å². The Labute approximate surface area is 181 Å². The van der Waals surface area contributed by atoms with Gasteiger partial charge < -0.3 is 19.7 Å². The third kappa shape index (κ3) is 6.25. The van der Waals surface area contributed by atoms with Gasteiger partial charge >= 0.3 is 5.97 Å². The third-order valence-corrected chi connectivity index (χ3v) is 5.16. The minimum absolute atomic E-state index is 0.202. The van der Waals surface area contributed by atoms with Crippen LogP contribution < -0.4 is 10.1 Å². The van der Waals surface area contributed by atoms with Crippen molar-refractivity contribution in [2.24, 2.45) is 0 Å². The Morgan fingerprint density at radius 1 is 1.36 bits per heavy atom. The van der Waals surface area contributed by atoms with Gasteiger partial charge in [-0.15, -0.1) is 0 Å². The summed E-state index contributed by atoms with van der Waals surface area (Å²) in [6.07, 6.45) is 1.43. The van der Waals surface area contributed by atoms with Crippen LogP contribution in [0.2, 0.25) is 10.0 Å². The molecule has 0 spiro atoms. The zero-order valence-corrected chi connectivity index (χ0v) is 18.4. The van der Waals surface area contributed by atoms with E-state index in [1.54, 1.807) is 6.07 Å². The number of hydrogen-bond donors (Lipinski definition) is 1. The van der Waals surface area contributed by atoms with Crippen LogP contribution in [0.5, 0.6) is 5.75 Å². The fourth-order valence-corrected chi connectivity index (χ4v) is 4.02. The molecule has 0 saturated carbocycles. The van der Waals surface area contributed by atoms with E-state index in [-0.39, 0.29) is 30.3 Å². The standard InChI is InChI=1S/C18H21BrCl2N2O5/c1-2-3-6-27-16(25)9-14-18(26)22-4-5-23(14)15(24)10-28-17-12(19)7-11(20)8-13(17)21/h7-8,14H,2-6,9-10H2,1H3,(H,22,26). The number of carbonyl (C=O) groups is 3. The van der Waals surface area contributed by atoms with Crippen molar-refractivity contribution in [1.29, 1.82) is 0 Å². The second kappa shape index (κ2) is 10.9. The molecule has 0 aliphatic carbocycles. The highest BCUT2D eigenvalue weighted by atomic mass is 79.9. The van der Waals surface area contributed by atoms with Crippen molar-refractivity contribution in [2.45, 2.75) is 32.2 Å². The predicted octanol–water partition coefficient (Wildman–Crippen LogP) is 3.20. The van der Waals surface area contributed by atoms with Crippen LogP contribution in [0.4, 0.5) is 0 Å². The number of ether oxygens (including phenoxy) is 2. The number of amides is 2. The molecule has 1 N–H and O–H groups in total. The molecule has 0 aromatic heterocycles. The van der Waals surface area contributed by atoms with E-state index in [0.29, 0.717) is 22.6 Å². The van der Waals surface area contributed by atoms with E-state index in [2.05, 4.69) is 21.2 Å². The Morgan fingerprint density at radius 2 is 2.11 bits per heavy atom. The Balaban J connectivity index is 2.01. The van der Waals surface area contributed by atoms with Crippen LogP contribution in [0.3, 0.4) is 0 Å². The second-order valence-electron chi connectivity index (χ2n) is 6.16. The Bertz CT molecular complexity index is 724. The minimum atomic E-state index is -0.928. The molecule has 1 aromatic rings. The highest BCUT2D eigenvalue weighted by molar-refractivity contribution is 9.10. The van der Waals surface area contributed by atoms with Gasteiger partial charge in [-0.1, -0.05) is 36.5 Å². The Kier molecular flexibility index (Phi) is 8.85. The number of piperazine rings is 1. The SMILES string of the molecule is CCCCOC(=O)CC1C(=O)NCCN1C(=O)COc1c(Cl)cc(Cl)cc1Br. The van der Waals surface area contributed by atoms with Gasteiger partial charge in [0.25, 0.3) is 5.91 Å². The summed E-state index contributed by atoms with van der Waals surface area (Å²) in [5.41, 5.74) is 0. The molecule has 10 heteroatoms. The normalized spacial score (nSPS) is 16.5. The minimum Gasteiger partial charge on any atom is -0.481 e. The van der Waals surface area contributed by atoms with E-state index in [9.17, 15) is 14.4 Å². The molecular formula is C18H21BrCl2N2O5. The van der Waals surface area contributed by atoms with E-state index in [4.69, 9.17) is 32.7 Å². The summed E-state index contributed by atoms with van der Waals surface area (Å²) in [6.45, 7) is 2.51. The van der Waals surface area contributed by atoms with Gasteiger partial charge in [-0.25, -0.2) is 0 Å². The predicted molar refractivity (Wildman–Crippen MR) is 109 cm³/mol. The maximum atomic E-state index is 12.6. The van der Waals surface area contributed by atoms with Crippen LogP contribution in [0, 0.1) is 0 Å². The molecule has 1 unspecified atom stereocenters. The number of benzene rings is 1. The first-order chi connectivity index (χ1) is 13.3. The summed E-state index contributed by atoms with van der Waals surface area (Å²) in [5, 5.41) is 3.33. The Morgan fingerprint density at radius 3 is 2.79 bits per heavy atom. The molecule has 28 heavy (non-hydrogen) atoms. The molecule has 1 aromatic carbocycles. The van der Waals surface area contributed by atoms with E-state index in [1.807, 2.05) is 6.92 Å². The van der Waals surface area contributed by atoms with Gasteiger partial charge in [0.1, 0.15) is 6.04 Å². The van der Waals surface area contributed by atoms with Gasteiger partial charge in [0, 0.05) is 18.1 Å². The number of rotatable bonds is 8. The van der Waals surface area contributed by atoms with E-state index >= 15 is 0 Å². The number of nitrogens with zero attached hydrogens (tertiary/aromatic N) is 1. The monoisotopic (exact) mass is 494 g/mol. The topological polar surface area (TPSA) is 84.9 Å². The number of unbranched alkanes of at least 4 members (excludes halogenated alkanes) is 1. The van der Waals surface area contributed by atoms with E-state index in [0.717, 1.165) is 12.8 Å². The van der Waals surface area contributed by atoms with Crippen LogP contribution >= 0.6 is 39.1 Å². The summed E-state index contributed by atoms with van der Waals surface area (Å²) in [5.74, 6) is -1.06. The molecule has 154 valence electrons. The van der Waals surface area contributed by atoms with Gasteiger partial charge in [0.2, 0.25) is 5.91 Å². The Hall–Kier alpha value is -1.51. The summed E-state index contributed by atoms with van der Waals surface area (Å²) < 4.78 is 11.1. The molecule has 2 rings (SSSR count). The summed E-state index contributed by atoms with van der Waals surface area (Å²) in [6, 6.07) is 2.16. The largest absolute Gasteiger partial charge is 0.481 e. The van der Waals surface area contributed by atoms with Crippen LogP contribution in [-0.2, 0) is 19.1 Å². The van der Waals surface area contributed by atoms with Gasteiger partial charge in [-0.05, 0) is 34.5 Å². The summed E-state index contributed by atoms with van der Waals surface area (Å²) >= 11 is 15.3. The number of carbonyl (C=O) groups excluding carboxylic acids is 3. The highest BCUT2D eigenvalue weighted by Crippen LogP contribution is 2.36. The van der Waals surface area contributed by atoms with E-state index < -0.39 is 23.8 Å². The maximum Gasteiger partial charge on any atom is 0.308 e.